The van der Waals surface area contributed by atoms with Gasteiger partial charge in [0.05, 0.1) is 26.4 Å². The van der Waals surface area contributed by atoms with Gasteiger partial charge in [-0.15, -0.1) is 0 Å². The zero-order chi connectivity index (χ0) is 19.2. The van der Waals surface area contributed by atoms with Gasteiger partial charge in [0, 0.05) is 11.8 Å². The highest BCUT2D eigenvalue weighted by Gasteiger charge is 2.44. The Balaban J connectivity index is 3.58. The molecule has 142 valence electrons. The van der Waals surface area contributed by atoms with Crippen LogP contribution in [0, 0.1) is 6.92 Å². The van der Waals surface area contributed by atoms with Gasteiger partial charge < -0.3 is 14.2 Å². The van der Waals surface area contributed by atoms with Gasteiger partial charge in [-0.05, 0) is 27.7 Å². The van der Waals surface area contributed by atoms with Crippen molar-refractivity contribution >= 4 is 13.4 Å². The van der Waals surface area contributed by atoms with E-state index in [1.165, 1.54) is 20.0 Å². The standard InChI is InChI=1S/C14H24N3O7P/c1-5-23-25(22,24-6-2)13(11(4)19)16(7-8-18)17-9-10(3)12(20)15-14(17)21/h9,13,18H,5-8H2,1-4H3,(H,15,20,21). The molecule has 1 unspecified atom stereocenters. The van der Waals surface area contributed by atoms with Crippen molar-refractivity contribution in [3.63, 3.8) is 0 Å². The van der Waals surface area contributed by atoms with Crippen LogP contribution in [0.2, 0.25) is 0 Å². The average molecular weight is 377 g/mol. The lowest BCUT2D eigenvalue weighted by atomic mass is 10.4. The number of hydrogen-bond donors (Lipinski definition) is 2. The number of H-pyrrole nitrogens is 1. The molecule has 11 heteroatoms. The summed E-state index contributed by atoms with van der Waals surface area (Å²) in [5, 5.41) is 10.4. The molecule has 0 radical (unpaired) electrons. The van der Waals surface area contributed by atoms with E-state index in [9.17, 15) is 24.1 Å². The fraction of sp³-hybridized carbons (Fsp3) is 0.643. The molecule has 10 nitrogen and oxygen atoms in total. The average Bonchev–Trinajstić information content (AvgIpc) is 2.50. The van der Waals surface area contributed by atoms with Crippen molar-refractivity contribution in [1.82, 2.24) is 9.66 Å². The molecule has 1 aromatic heterocycles. The van der Waals surface area contributed by atoms with Crippen LogP contribution in [0.5, 0.6) is 0 Å². The highest BCUT2D eigenvalue weighted by Crippen LogP contribution is 2.53. The molecule has 0 aliphatic carbocycles. The minimum atomic E-state index is -3.97. The number of carbonyl (C=O) groups is 1. The van der Waals surface area contributed by atoms with Gasteiger partial charge >= 0.3 is 13.3 Å². The highest BCUT2D eigenvalue weighted by atomic mass is 31.2. The number of nitrogens with one attached hydrogen (secondary N) is 1. The summed E-state index contributed by atoms with van der Waals surface area (Å²) in [6, 6.07) is 0. The minimum absolute atomic E-state index is 0.0214. The number of nitrogens with zero attached hydrogens (tertiary/aromatic N) is 2. The largest absolute Gasteiger partial charge is 0.394 e. The number of Topliss-reactive ketones (excluding diaryl/α,β-unsaturated/α-hetero) is 1. The van der Waals surface area contributed by atoms with Gasteiger partial charge in [0.2, 0.25) is 5.78 Å². The fourth-order valence-corrected chi connectivity index (χ4v) is 4.40. The lowest BCUT2D eigenvalue weighted by Crippen LogP contribution is -2.54. The van der Waals surface area contributed by atoms with Gasteiger partial charge in [-0.2, -0.15) is 0 Å². The molecule has 1 rings (SSSR count). The van der Waals surface area contributed by atoms with E-state index < -0.39 is 37.0 Å². The van der Waals surface area contributed by atoms with Crippen molar-refractivity contribution in [3.05, 3.63) is 32.6 Å². The third-order valence-electron chi connectivity index (χ3n) is 3.27. The molecule has 0 saturated carbocycles. The van der Waals surface area contributed by atoms with E-state index in [1.807, 2.05) is 0 Å². The first-order chi connectivity index (χ1) is 11.7. The maximum atomic E-state index is 13.1. The van der Waals surface area contributed by atoms with Crippen LogP contribution in [0.3, 0.4) is 0 Å². The Morgan fingerprint density at radius 1 is 1.36 bits per heavy atom. The first-order valence-corrected chi connectivity index (χ1v) is 9.42. The molecular formula is C14H24N3O7P. The molecule has 0 amide bonds. The lowest BCUT2D eigenvalue weighted by molar-refractivity contribution is -0.117. The smallest absolute Gasteiger partial charge is 0.362 e. The van der Waals surface area contributed by atoms with Crippen molar-refractivity contribution in [2.24, 2.45) is 0 Å². The number of carbonyl (C=O) groups excluding carboxylic acids is 1. The van der Waals surface area contributed by atoms with Crippen LogP contribution in [0.4, 0.5) is 0 Å². The number of aromatic nitrogens is 2. The van der Waals surface area contributed by atoms with Crippen LogP contribution in [-0.2, 0) is 18.4 Å². The highest BCUT2D eigenvalue weighted by molar-refractivity contribution is 7.55. The van der Waals surface area contributed by atoms with Crippen molar-refractivity contribution in [3.8, 4) is 0 Å². The zero-order valence-corrected chi connectivity index (χ0v) is 15.6. The summed E-state index contributed by atoms with van der Waals surface area (Å²) in [5.41, 5.74) is -1.22. The number of aryl methyl sites for hydroxylation is 1. The Hall–Kier alpha value is -1.74. The molecular weight excluding hydrogens is 353 g/mol. The second-order valence-electron chi connectivity index (χ2n) is 5.16. The molecule has 2 N–H and O–H groups in total. The van der Waals surface area contributed by atoms with E-state index in [2.05, 4.69) is 4.98 Å². The van der Waals surface area contributed by atoms with E-state index in [1.54, 1.807) is 13.8 Å². The molecule has 0 aliphatic rings. The summed E-state index contributed by atoms with van der Waals surface area (Å²) >= 11 is 0. The van der Waals surface area contributed by atoms with Gasteiger partial charge in [0.25, 0.3) is 5.56 Å². The molecule has 0 aliphatic heterocycles. The van der Waals surface area contributed by atoms with Crippen LogP contribution < -0.4 is 16.3 Å². The van der Waals surface area contributed by atoms with Gasteiger partial charge in [0.1, 0.15) is 0 Å². The summed E-state index contributed by atoms with van der Waals surface area (Å²) < 4.78 is 24.5. The first kappa shape index (κ1) is 21.3. The van der Waals surface area contributed by atoms with E-state index >= 15 is 0 Å². The number of ketones is 1. The SMILES string of the molecule is CCOP(=O)(OCC)C(C(C)=O)N(CCO)n1cc(C)c(=O)[nH]c1=O. The number of aliphatic hydroxyl groups excluding tert-OH is 1. The second kappa shape index (κ2) is 9.10. The summed E-state index contributed by atoms with van der Waals surface area (Å²) in [6.07, 6.45) is 1.20. The van der Waals surface area contributed by atoms with Crippen molar-refractivity contribution in [1.29, 1.82) is 0 Å². The number of aromatic amines is 1. The molecule has 1 aromatic rings. The Morgan fingerprint density at radius 3 is 2.36 bits per heavy atom. The first-order valence-electron chi connectivity index (χ1n) is 7.81. The quantitative estimate of drug-likeness (QED) is 0.543. The van der Waals surface area contributed by atoms with Crippen LogP contribution in [-0.4, -0.2) is 52.7 Å². The van der Waals surface area contributed by atoms with Crippen LogP contribution >= 0.6 is 7.60 Å². The number of aliphatic hydroxyl groups is 1. The third kappa shape index (κ3) is 4.88. The van der Waals surface area contributed by atoms with Gasteiger partial charge in [-0.1, -0.05) is 0 Å². The van der Waals surface area contributed by atoms with Crippen molar-refractivity contribution in [2.45, 2.75) is 33.5 Å². The molecule has 0 saturated heterocycles. The Morgan fingerprint density at radius 2 is 1.92 bits per heavy atom. The molecule has 25 heavy (non-hydrogen) atoms. The zero-order valence-electron chi connectivity index (χ0n) is 14.7. The molecule has 0 bridgehead atoms. The van der Waals surface area contributed by atoms with E-state index in [-0.39, 0.29) is 25.3 Å². The predicted octanol–water partition coefficient (Wildman–Crippen LogP) is -0.0435. The van der Waals surface area contributed by atoms with E-state index in [0.29, 0.717) is 0 Å². The predicted molar refractivity (Wildman–Crippen MR) is 91.6 cm³/mol. The molecule has 0 aromatic carbocycles. The summed E-state index contributed by atoms with van der Waals surface area (Å²) in [5.74, 6) is -2.03. The maximum Gasteiger partial charge on any atom is 0.362 e. The van der Waals surface area contributed by atoms with Gasteiger partial charge in [0.15, 0.2) is 5.78 Å². The normalized spacial score (nSPS) is 12.8. The number of rotatable bonds is 10. The van der Waals surface area contributed by atoms with Crippen LogP contribution in [0.25, 0.3) is 0 Å². The third-order valence-corrected chi connectivity index (χ3v) is 5.74. The van der Waals surface area contributed by atoms with Crippen LogP contribution in [0.1, 0.15) is 26.3 Å². The Kier molecular flexibility index (Phi) is 7.75. The molecule has 1 heterocycles. The fourth-order valence-electron chi connectivity index (χ4n) is 2.33. The van der Waals surface area contributed by atoms with E-state index in [0.717, 1.165) is 9.69 Å². The number of hydrogen-bond acceptors (Lipinski definition) is 8. The summed E-state index contributed by atoms with van der Waals surface area (Å²) in [4.78, 5) is 38.1. The maximum absolute atomic E-state index is 13.1. The minimum Gasteiger partial charge on any atom is -0.394 e. The van der Waals surface area contributed by atoms with Gasteiger partial charge in [-0.25, -0.2) is 9.47 Å². The Bertz CT molecular complexity index is 748. The lowest BCUT2D eigenvalue weighted by Gasteiger charge is -2.35. The Labute approximate surface area is 144 Å². The summed E-state index contributed by atoms with van der Waals surface area (Å²) in [7, 11) is -3.97. The van der Waals surface area contributed by atoms with E-state index in [4.69, 9.17) is 9.05 Å². The molecule has 1 atom stereocenters. The topological polar surface area (TPSA) is 131 Å². The molecule has 0 spiro atoms. The van der Waals surface area contributed by atoms with Crippen molar-refractivity contribution < 1.29 is 23.5 Å². The molecule has 0 fully saturated rings. The second-order valence-corrected chi connectivity index (χ2v) is 7.25. The monoisotopic (exact) mass is 377 g/mol. The van der Waals surface area contributed by atoms with Crippen molar-refractivity contribution in [2.75, 3.05) is 31.4 Å². The summed E-state index contributed by atoms with van der Waals surface area (Å²) in [6.45, 7) is 5.24. The van der Waals surface area contributed by atoms with Gasteiger partial charge in [-0.3, -0.25) is 24.1 Å². The van der Waals surface area contributed by atoms with Crippen LogP contribution in [0.15, 0.2) is 15.8 Å².